The monoisotopic (exact) mass is 515 g/mol. The number of aliphatic hydroxyl groups excluding tert-OH is 1. The summed E-state index contributed by atoms with van der Waals surface area (Å²) in [6, 6.07) is 8.15. The zero-order chi connectivity index (χ0) is 26.2. The molecule has 198 valence electrons. The van der Waals surface area contributed by atoms with Crippen molar-refractivity contribution in [2.45, 2.75) is 57.6 Å². The number of fused-ring (bicyclic) bond motifs is 2. The summed E-state index contributed by atoms with van der Waals surface area (Å²) in [4.78, 5) is 22.1. The van der Waals surface area contributed by atoms with Gasteiger partial charge in [-0.1, -0.05) is 0 Å². The fraction of sp³-hybridized carbons (Fsp3) is 0.448. The molecule has 4 heterocycles. The number of pyridine rings is 2. The lowest BCUT2D eigenvalue weighted by molar-refractivity contribution is -0.131. The summed E-state index contributed by atoms with van der Waals surface area (Å²) in [6.07, 6.45) is 6.64. The van der Waals surface area contributed by atoms with Gasteiger partial charge in [0.1, 0.15) is 6.10 Å². The molecule has 3 N–H and O–H groups in total. The smallest absolute Gasteiger partial charge is 0.223 e. The Balaban J connectivity index is 1.43. The van der Waals surface area contributed by atoms with E-state index in [2.05, 4.69) is 44.8 Å². The standard InChI is InChI=1S/C29H33N5O4/c1-16-9-19(3-6-30-16)26-23-12-21-14-31-34-25(21)13-24(23)29(33-27(26)18-4-7-37-8-5-18)38-22-10-20(11-22)28(36)32-17(2)15-35/h3,6,9,12-14,17-18,20,22,35H,4-5,7-8,10-11,15H2,1-2H3,(H,31,34)(H,32,36)/t17-,20-,22-/m0/s1. The SMILES string of the molecule is Cc1cc(-c2c(C3CCOCC3)nc(O[C@H]3C[C@H](C(=O)N[C@@H](C)CO)C3)c3cc4[nH]ncc4cc23)ccn1. The Bertz CT molecular complexity index is 1470. The van der Waals surface area contributed by atoms with Crippen LogP contribution in [0.4, 0.5) is 0 Å². The third-order valence-electron chi connectivity index (χ3n) is 7.76. The number of hydrogen-bond donors (Lipinski definition) is 3. The van der Waals surface area contributed by atoms with Crippen LogP contribution in [0.25, 0.3) is 32.8 Å². The number of nitrogens with one attached hydrogen (secondary N) is 2. The Kier molecular flexibility index (Phi) is 6.71. The lowest BCUT2D eigenvalue weighted by Gasteiger charge is -2.35. The predicted molar refractivity (Wildman–Crippen MR) is 144 cm³/mol. The van der Waals surface area contributed by atoms with Gasteiger partial charge >= 0.3 is 0 Å². The first kappa shape index (κ1) is 24.8. The second kappa shape index (κ2) is 10.3. The van der Waals surface area contributed by atoms with Crippen LogP contribution in [0, 0.1) is 12.8 Å². The largest absolute Gasteiger partial charge is 0.474 e. The minimum absolute atomic E-state index is 0.0327. The number of ether oxygens (including phenoxy) is 2. The third-order valence-corrected chi connectivity index (χ3v) is 7.76. The van der Waals surface area contributed by atoms with Crippen LogP contribution in [-0.2, 0) is 9.53 Å². The van der Waals surface area contributed by atoms with Gasteiger partial charge in [-0.2, -0.15) is 5.10 Å². The molecule has 1 atom stereocenters. The number of carbonyl (C=O) groups is 1. The molecule has 1 aromatic carbocycles. The Morgan fingerprint density at radius 3 is 2.82 bits per heavy atom. The van der Waals surface area contributed by atoms with Crippen molar-refractivity contribution in [2.24, 2.45) is 5.92 Å². The molecule has 1 saturated carbocycles. The van der Waals surface area contributed by atoms with Crippen molar-refractivity contribution in [2.75, 3.05) is 19.8 Å². The fourth-order valence-electron chi connectivity index (χ4n) is 5.54. The zero-order valence-electron chi connectivity index (χ0n) is 21.7. The van der Waals surface area contributed by atoms with Crippen LogP contribution in [0.5, 0.6) is 5.88 Å². The van der Waals surface area contributed by atoms with Gasteiger partial charge in [-0.15, -0.1) is 0 Å². The highest BCUT2D eigenvalue weighted by Gasteiger charge is 2.37. The molecular formula is C29H33N5O4. The van der Waals surface area contributed by atoms with Gasteiger partial charge in [0.25, 0.3) is 0 Å². The highest BCUT2D eigenvalue weighted by molar-refractivity contribution is 6.06. The average molecular weight is 516 g/mol. The molecule has 9 heteroatoms. The van der Waals surface area contributed by atoms with Crippen molar-refractivity contribution in [3.8, 4) is 17.0 Å². The van der Waals surface area contributed by atoms with Gasteiger partial charge in [0.05, 0.1) is 24.0 Å². The Labute approximate surface area is 221 Å². The van der Waals surface area contributed by atoms with Crippen molar-refractivity contribution < 1.29 is 19.4 Å². The van der Waals surface area contributed by atoms with Gasteiger partial charge in [0, 0.05) is 59.3 Å². The first-order valence-corrected chi connectivity index (χ1v) is 13.4. The summed E-state index contributed by atoms with van der Waals surface area (Å²) in [6.45, 7) is 5.14. The van der Waals surface area contributed by atoms with Crippen molar-refractivity contribution in [3.63, 3.8) is 0 Å². The number of rotatable bonds is 7. The Hall–Kier alpha value is -3.56. The number of nitrogens with zero attached hydrogens (tertiary/aromatic N) is 3. The number of aromatic amines is 1. The molecule has 4 aromatic rings. The molecule has 38 heavy (non-hydrogen) atoms. The van der Waals surface area contributed by atoms with Crippen molar-refractivity contribution in [3.05, 3.63) is 48.0 Å². The van der Waals surface area contributed by atoms with E-state index in [1.807, 2.05) is 19.3 Å². The number of carbonyl (C=O) groups excluding carboxylic acids is 1. The molecule has 0 unspecified atom stereocenters. The van der Waals surface area contributed by atoms with Crippen LogP contribution in [0.3, 0.4) is 0 Å². The fourth-order valence-corrected chi connectivity index (χ4v) is 5.54. The molecule has 1 saturated heterocycles. The second-order valence-electron chi connectivity index (χ2n) is 10.6. The molecule has 0 bridgehead atoms. The quantitative estimate of drug-likeness (QED) is 0.340. The third kappa shape index (κ3) is 4.72. The van der Waals surface area contributed by atoms with E-state index in [0.717, 1.165) is 57.0 Å². The number of amides is 1. The van der Waals surface area contributed by atoms with Gasteiger partial charge in [-0.3, -0.25) is 14.9 Å². The number of aromatic nitrogens is 4. The topological polar surface area (TPSA) is 122 Å². The summed E-state index contributed by atoms with van der Waals surface area (Å²) in [5.74, 6) is 0.697. The predicted octanol–water partition coefficient (Wildman–Crippen LogP) is 4.03. The Morgan fingerprint density at radius 2 is 2.05 bits per heavy atom. The van der Waals surface area contributed by atoms with E-state index in [1.54, 1.807) is 6.92 Å². The van der Waals surface area contributed by atoms with Gasteiger partial charge in [0.2, 0.25) is 11.8 Å². The lowest BCUT2D eigenvalue weighted by atomic mass is 9.81. The van der Waals surface area contributed by atoms with Crippen LogP contribution >= 0.6 is 0 Å². The van der Waals surface area contributed by atoms with Crippen LogP contribution in [0.1, 0.15) is 49.9 Å². The van der Waals surface area contributed by atoms with E-state index in [4.69, 9.17) is 14.5 Å². The van der Waals surface area contributed by atoms with E-state index in [1.165, 1.54) is 0 Å². The highest BCUT2D eigenvalue weighted by atomic mass is 16.5. The summed E-state index contributed by atoms with van der Waals surface area (Å²) in [5, 5.41) is 22.5. The molecule has 1 amide bonds. The zero-order valence-corrected chi connectivity index (χ0v) is 21.7. The van der Waals surface area contributed by atoms with E-state index >= 15 is 0 Å². The average Bonchev–Trinajstić information content (AvgIpc) is 3.36. The summed E-state index contributed by atoms with van der Waals surface area (Å²) in [7, 11) is 0. The van der Waals surface area contributed by atoms with Crippen molar-refractivity contribution in [1.29, 1.82) is 0 Å². The van der Waals surface area contributed by atoms with E-state index in [9.17, 15) is 9.90 Å². The molecular weight excluding hydrogens is 482 g/mol. The summed E-state index contributed by atoms with van der Waals surface area (Å²) < 4.78 is 12.2. The van der Waals surface area contributed by atoms with Gasteiger partial charge in [-0.05, 0) is 74.7 Å². The first-order chi connectivity index (χ1) is 18.5. The Morgan fingerprint density at radius 1 is 1.24 bits per heavy atom. The van der Waals surface area contributed by atoms with E-state index in [0.29, 0.717) is 31.9 Å². The van der Waals surface area contributed by atoms with E-state index < -0.39 is 0 Å². The molecule has 0 radical (unpaired) electrons. The molecule has 9 nitrogen and oxygen atoms in total. The van der Waals surface area contributed by atoms with Crippen LogP contribution < -0.4 is 10.1 Å². The van der Waals surface area contributed by atoms with Gasteiger partial charge < -0.3 is 19.9 Å². The summed E-state index contributed by atoms with van der Waals surface area (Å²) >= 11 is 0. The number of aryl methyl sites for hydroxylation is 1. The maximum atomic E-state index is 12.5. The molecule has 2 aliphatic rings. The maximum absolute atomic E-state index is 12.5. The second-order valence-corrected chi connectivity index (χ2v) is 10.6. The van der Waals surface area contributed by atoms with Crippen molar-refractivity contribution in [1.82, 2.24) is 25.5 Å². The van der Waals surface area contributed by atoms with Crippen LogP contribution in [0.15, 0.2) is 36.7 Å². The van der Waals surface area contributed by atoms with Gasteiger partial charge in [-0.25, -0.2) is 4.98 Å². The van der Waals surface area contributed by atoms with E-state index in [-0.39, 0.29) is 36.5 Å². The van der Waals surface area contributed by atoms with Crippen LogP contribution in [0.2, 0.25) is 0 Å². The van der Waals surface area contributed by atoms with Gasteiger partial charge in [0.15, 0.2) is 0 Å². The lowest BCUT2D eigenvalue weighted by Crippen LogP contribution is -2.46. The maximum Gasteiger partial charge on any atom is 0.223 e. The molecule has 0 spiro atoms. The minimum atomic E-state index is -0.253. The molecule has 2 fully saturated rings. The molecule has 1 aliphatic heterocycles. The number of H-pyrrole nitrogens is 1. The summed E-state index contributed by atoms with van der Waals surface area (Å²) in [5.41, 5.74) is 5.09. The van der Waals surface area contributed by atoms with Crippen molar-refractivity contribution >= 4 is 27.6 Å². The minimum Gasteiger partial charge on any atom is -0.474 e. The number of aliphatic hydroxyl groups is 1. The molecule has 6 rings (SSSR count). The molecule has 1 aliphatic carbocycles. The number of hydrogen-bond acceptors (Lipinski definition) is 7. The first-order valence-electron chi connectivity index (χ1n) is 13.4. The normalized spacial score (nSPS) is 20.8. The molecule has 3 aromatic heterocycles. The number of benzene rings is 1. The van der Waals surface area contributed by atoms with Crippen LogP contribution in [-0.4, -0.2) is 63.1 Å². The highest BCUT2D eigenvalue weighted by Crippen LogP contribution is 2.43.